The van der Waals surface area contributed by atoms with E-state index in [1.165, 1.54) is 17.7 Å². The highest BCUT2D eigenvalue weighted by Gasteiger charge is 2.32. The van der Waals surface area contributed by atoms with Gasteiger partial charge in [0, 0.05) is 25.9 Å². The van der Waals surface area contributed by atoms with E-state index in [9.17, 15) is 22.8 Å². The van der Waals surface area contributed by atoms with Gasteiger partial charge in [0.2, 0.25) is 11.8 Å². The van der Waals surface area contributed by atoms with Gasteiger partial charge in [0.1, 0.15) is 0 Å². The fourth-order valence-corrected chi connectivity index (χ4v) is 4.29. The largest absolute Gasteiger partial charge is 0.416 e. The van der Waals surface area contributed by atoms with Gasteiger partial charge in [0.25, 0.3) is 0 Å². The van der Waals surface area contributed by atoms with Crippen LogP contribution in [0.15, 0.2) is 78.9 Å². The average molecular weight is 467 g/mol. The van der Waals surface area contributed by atoms with Crippen molar-refractivity contribution in [3.05, 3.63) is 107 Å². The lowest BCUT2D eigenvalue weighted by molar-refractivity contribution is -0.137. The molecule has 1 N–H and O–H groups in total. The molecular formula is C27H25F3N2O2. The number of carbonyl (C=O) groups is 2. The molecule has 1 heterocycles. The zero-order valence-corrected chi connectivity index (χ0v) is 18.5. The molecule has 3 aromatic carbocycles. The molecule has 2 amide bonds. The lowest BCUT2D eigenvalue weighted by Crippen LogP contribution is -2.41. The van der Waals surface area contributed by atoms with Crippen LogP contribution in [0.2, 0.25) is 0 Å². The number of carbonyl (C=O) groups excluding carboxylic acids is 2. The third kappa shape index (κ3) is 5.47. The molecule has 0 fully saturated rings. The number of fused-ring (bicyclic) bond motifs is 1. The van der Waals surface area contributed by atoms with E-state index in [1.54, 1.807) is 0 Å². The van der Waals surface area contributed by atoms with Crippen molar-refractivity contribution in [2.75, 3.05) is 6.54 Å². The molecule has 0 aromatic heterocycles. The van der Waals surface area contributed by atoms with Crippen molar-refractivity contribution in [3.8, 4) is 0 Å². The van der Waals surface area contributed by atoms with Crippen LogP contribution in [0.1, 0.15) is 46.7 Å². The summed E-state index contributed by atoms with van der Waals surface area (Å²) in [4.78, 5) is 27.3. The van der Waals surface area contributed by atoms with Crippen LogP contribution in [0.5, 0.6) is 0 Å². The van der Waals surface area contributed by atoms with Crippen molar-refractivity contribution in [2.45, 2.75) is 38.0 Å². The zero-order chi connectivity index (χ0) is 24.1. The quantitative estimate of drug-likeness (QED) is 0.538. The van der Waals surface area contributed by atoms with Crippen molar-refractivity contribution in [3.63, 3.8) is 0 Å². The second-order valence-corrected chi connectivity index (χ2v) is 8.32. The predicted octanol–water partition coefficient (Wildman–Crippen LogP) is 5.28. The number of rotatable bonds is 6. The van der Waals surface area contributed by atoms with Gasteiger partial charge in [-0.2, -0.15) is 13.2 Å². The Morgan fingerprint density at radius 3 is 2.26 bits per heavy atom. The summed E-state index contributed by atoms with van der Waals surface area (Å²) >= 11 is 0. The SMILES string of the molecule is O=C(CCC(=O)N1CCc2ccccc2[C@@H]1c1ccccc1)NCc1ccc(C(F)(F)F)cc1. The maximum Gasteiger partial charge on any atom is 0.416 e. The Bertz CT molecular complexity index is 1140. The molecule has 0 radical (unpaired) electrons. The Balaban J connectivity index is 1.37. The van der Waals surface area contributed by atoms with E-state index in [1.807, 2.05) is 53.4 Å². The van der Waals surface area contributed by atoms with E-state index >= 15 is 0 Å². The van der Waals surface area contributed by atoms with Crippen LogP contribution in [0.4, 0.5) is 13.2 Å². The summed E-state index contributed by atoms with van der Waals surface area (Å²) in [7, 11) is 0. The molecule has 1 aliphatic heterocycles. The van der Waals surface area contributed by atoms with Gasteiger partial charge >= 0.3 is 6.18 Å². The van der Waals surface area contributed by atoms with E-state index in [4.69, 9.17) is 0 Å². The number of nitrogens with zero attached hydrogens (tertiary/aromatic N) is 1. The first-order valence-electron chi connectivity index (χ1n) is 11.2. The molecule has 7 heteroatoms. The Labute approximate surface area is 196 Å². The van der Waals surface area contributed by atoms with Gasteiger partial charge in [-0.3, -0.25) is 9.59 Å². The number of hydrogen-bond acceptors (Lipinski definition) is 2. The molecule has 176 valence electrons. The van der Waals surface area contributed by atoms with Crippen LogP contribution in [-0.2, 0) is 28.7 Å². The minimum Gasteiger partial charge on any atom is -0.352 e. The molecule has 1 aliphatic rings. The molecular weight excluding hydrogens is 441 g/mol. The summed E-state index contributed by atoms with van der Waals surface area (Å²) in [6.07, 6.45) is -3.57. The molecule has 4 nitrogen and oxygen atoms in total. The summed E-state index contributed by atoms with van der Waals surface area (Å²) in [6, 6.07) is 22.4. The maximum absolute atomic E-state index is 13.1. The molecule has 34 heavy (non-hydrogen) atoms. The van der Waals surface area contributed by atoms with Crippen LogP contribution in [0.25, 0.3) is 0 Å². The van der Waals surface area contributed by atoms with Crippen LogP contribution >= 0.6 is 0 Å². The topological polar surface area (TPSA) is 49.4 Å². The zero-order valence-electron chi connectivity index (χ0n) is 18.5. The highest BCUT2D eigenvalue weighted by molar-refractivity contribution is 5.84. The van der Waals surface area contributed by atoms with Crippen molar-refractivity contribution < 1.29 is 22.8 Å². The number of alkyl halides is 3. The normalized spacial score (nSPS) is 15.5. The first-order chi connectivity index (χ1) is 16.3. The standard InChI is InChI=1S/C27H25F3N2O2/c28-27(29,30)22-12-10-19(11-13-22)18-31-24(33)14-15-25(34)32-17-16-20-6-4-5-9-23(20)26(32)21-7-2-1-3-8-21/h1-13,26H,14-18H2,(H,31,33)/t26-/m0/s1. The number of amides is 2. The second kappa shape index (κ2) is 10.1. The number of benzene rings is 3. The lowest BCUT2D eigenvalue weighted by Gasteiger charge is -2.38. The van der Waals surface area contributed by atoms with E-state index in [2.05, 4.69) is 11.4 Å². The molecule has 0 saturated heterocycles. The number of nitrogens with one attached hydrogen (secondary N) is 1. The van der Waals surface area contributed by atoms with Gasteiger partial charge < -0.3 is 10.2 Å². The van der Waals surface area contributed by atoms with Crippen LogP contribution in [0.3, 0.4) is 0 Å². The van der Waals surface area contributed by atoms with E-state index in [0.717, 1.165) is 29.7 Å². The number of hydrogen-bond donors (Lipinski definition) is 1. The van der Waals surface area contributed by atoms with Gasteiger partial charge in [-0.15, -0.1) is 0 Å². The van der Waals surface area contributed by atoms with Crippen LogP contribution in [0, 0.1) is 0 Å². The monoisotopic (exact) mass is 466 g/mol. The minimum atomic E-state index is -4.39. The molecule has 3 aromatic rings. The Morgan fingerprint density at radius 2 is 1.56 bits per heavy atom. The molecule has 4 rings (SSSR count). The summed E-state index contributed by atoms with van der Waals surface area (Å²) in [6.45, 7) is 0.678. The fourth-order valence-electron chi connectivity index (χ4n) is 4.29. The van der Waals surface area contributed by atoms with E-state index in [-0.39, 0.29) is 37.2 Å². The molecule has 0 bridgehead atoms. The average Bonchev–Trinajstić information content (AvgIpc) is 2.85. The van der Waals surface area contributed by atoms with Gasteiger partial charge in [0.05, 0.1) is 11.6 Å². The minimum absolute atomic E-state index is 0.0130. The Morgan fingerprint density at radius 1 is 0.882 bits per heavy atom. The molecule has 0 aliphatic carbocycles. The van der Waals surface area contributed by atoms with Gasteiger partial charge in [0.15, 0.2) is 0 Å². The summed E-state index contributed by atoms with van der Waals surface area (Å²) < 4.78 is 38.0. The van der Waals surface area contributed by atoms with Crippen molar-refractivity contribution in [1.29, 1.82) is 0 Å². The second-order valence-electron chi connectivity index (χ2n) is 8.32. The van der Waals surface area contributed by atoms with Crippen molar-refractivity contribution >= 4 is 11.8 Å². The van der Waals surface area contributed by atoms with E-state index in [0.29, 0.717) is 12.1 Å². The first-order valence-corrected chi connectivity index (χ1v) is 11.2. The number of halogens is 3. The lowest BCUT2D eigenvalue weighted by atomic mass is 9.88. The van der Waals surface area contributed by atoms with Gasteiger partial charge in [-0.25, -0.2) is 0 Å². The predicted molar refractivity (Wildman–Crippen MR) is 123 cm³/mol. The summed E-state index contributed by atoms with van der Waals surface area (Å²) in [5.41, 5.74) is 3.17. The molecule has 0 spiro atoms. The third-order valence-electron chi connectivity index (χ3n) is 6.06. The molecule has 1 atom stereocenters. The highest BCUT2D eigenvalue weighted by Crippen LogP contribution is 2.35. The first kappa shape index (κ1) is 23.5. The van der Waals surface area contributed by atoms with Crippen molar-refractivity contribution in [1.82, 2.24) is 10.2 Å². The maximum atomic E-state index is 13.1. The van der Waals surface area contributed by atoms with Crippen LogP contribution in [-0.4, -0.2) is 23.3 Å². The fraction of sp³-hybridized carbons (Fsp3) is 0.259. The summed E-state index contributed by atoms with van der Waals surface area (Å²) in [5, 5.41) is 2.68. The molecule has 0 saturated carbocycles. The molecule has 0 unspecified atom stereocenters. The van der Waals surface area contributed by atoms with Gasteiger partial charge in [-0.1, -0.05) is 66.7 Å². The third-order valence-corrected chi connectivity index (χ3v) is 6.06. The van der Waals surface area contributed by atoms with Crippen LogP contribution < -0.4 is 5.32 Å². The van der Waals surface area contributed by atoms with Crippen molar-refractivity contribution in [2.24, 2.45) is 0 Å². The smallest absolute Gasteiger partial charge is 0.352 e. The van der Waals surface area contributed by atoms with E-state index < -0.39 is 11.7 Å². The Kier molecular flexibility index (Phi) is 7.01. The summed E-state index contributed by atoms with van der Waals surface area (Å²) in [5.74, 6) is -0.421. The highest BCUT2D eigenvalue weighted by atomic mass is 19.4. The van der Waals surface area contributed by atoms with Gasteiger partial charge in [-0.05, 0) is 40.8 Å². The Hall–Kier alpha value is -3.61.